The summed E-state index contributed by atoms with van der Waals surface area (Å²) in [5.74, 6) is -2.22. The molecule has 2 aliphatic carbocycles. The molecule has 5 N–H and O–H groups in total. The molecule has 0 radical (unpaired) electrons. The summed E-state index contributed by atoms with van der Waals surface area (Å²) in [4.78, 5) is 51.9. The van der Waals surface area contributed by atoms with Crippen molar-refractivity contribution in [1.29, 1.82) is 0 Å². The molecule has 10 nitrogen and oxygen atoms in total. The van der Waals surface area contributed by atoms with Crippen LogP contribution in [0.1, 0.15) is 82.5 Å². The number of amides is 3. The van der Waals surface area contributed by atoms with Crippen LogP contribution in [0.4, 0.5) is 23.7 Å². The Bertz CT molecular complexity index is 1470. The number of Topliss-reactive ketones (excluding diaryl/α,β-unsaturated/α-hetero) is 1. The lowest BCUT2D eigenvalue weighted by Crippen LogP contribution is -2.35. The minimum absolute atomic E-state index is 0.0614. The first kappa shape index (κ1) is 29.5. The van der Waals surface area contributed by atoms with E-state index in [9.17, 15) is 32.3 Å². The second-order valence-electron chi connectivity index (χ2n) is 12.2. The van der Waals surface area contributed by atoms with Gasteiger partial charge < -0.3 is 31.0 Å². The summed E-state index contributed by atoms with van der Waals surface area (Å²) >= 11 is 0. The van der Waals surface area contributed by atoms with Crippen LogP contribution in [0, 0.1) is 17.3 Å². The number of hydrogen-bond donors (Lipinski definition) is 3. The number of nitrogens with one attached hydrogen (secondary N) is 1. The lowest BCUT2D eigenvalue weighted by Gasteiger charge is -2.30. The third-order valence-electron chi connectivity index (χ3n) is 8.53. The number of carbonyl (C=O) groups excluding carboxylic acids is 4. The number of ether oxygens (including phenoxy) is 1. The van der Waals surface area contributed by atoms with Gasteiger partial charge in [0.15, 0.2) is 5.78 Å². The molecule has 226 valence electrons. The van der Waals surface area contributed by atoms with Crippen molar-refractivity contribution in [3.63, 3.8) is 0 Å². The standard InChI is InChI=1S/C29H34F3N5O5/c1-4-42-26(40)24-23(29(30,31)32)22-20(10-28(2,3)11-21(22)38)37(24)17-5-6-18(25(33)39)19(9-17)35-16-7-14-12-36(27(34)41)13-15(14)8-16/h5-6,9,14-16,35H,4,7-8,10-13H2,1-3H3,(H2,33,39)(H2,34,41)/t14-,15+,16?. The van der Waals surface area contributed by atoms with Gasteiger partial charge in [-0.1, -0.05) is 13.8 Å². The third-order valence-corrected chi connectivity index (χ3v) is 8.53. The molecule has 3 aliphatic rings. The van der Waals surface area contributed by atoms with E-state index >= 15 is 0 Å². The van der Waals surface area contributed by atoms with Crippen LogP contribution in [0.25, 0.3) is 5.69 Å². The van der Waals surface area contributed by atoms with Crippen LogP contribution in [0.2, 0.25) is 0 Å². The molecule has 3 atom stereocenters. The van der Waals surface area contributed by atoms with Gasteiger partial charge >= 0.3 is 18.2 Å². The van der Waals surface area contributed by atoms with E-state index in [0.717, 1.165) is 4.57 Å². The quantitative estimate of drug-likeness (QED) is 0.432. The first-order valence-electron chi connectivity index (χ1n) is 13.9. The molecule has 1 saturated heterocycles. The van der Waals surface area contributed by atoms with Crippen LogP contribution in [0.3, 0.4) is 0 Å². The number of fused-ring (bicyclic) bond motifs is 2. The highest BCUT2D eigenvalue weighted by atomic mass is 19.4. The topological polar surface area (TPSA) is 150 Å². The van der Waals surface area contributed by atoms with Crippen molar-refractivity contribution in [2.75, 3.05) is 25.0 Å². The molecule has 13 heteroatoms. The molecule has 42 heavy (non-hydrogen) atoms. The van der Waals surface area contributed by atoms with Crippen molar-refractivity contribution in [2.24, 2.45) is 28.7 Å². The number of benzene rings is 1. The number of carbonyl (C=O) groups is 4. The van der Waals surface area contributed by atoms with Gasteiger partial charge in [0.1, 0.15) is 5.69 Å². The second kappa shape index (κ2) is 10.4. The van der Waals surface area contributed by atoms with E-state index in [0.29, 0.717) is 31.6 Å². The Labute approximate surface area is 240 Å². The van der Waals surface area contributed by atoms with Gasteiger partial charge in [0.25, 0.3) is 5.91 Å². The number of alkyl halides is 3. The number of likely N-dealkylation sites (tertiary alicyclic amines) is 1. The van der Waals surface area contributed by atoms with Gasteiger partial charge in [-0.05, 0) is 61.6 Å². The number of urea groups is 1. The molecule has 5 rings (SSSR count). The maximum absolute atomic E-state index is 14.6. The summed E-state index contributed by atoms with van der Waals surface area (Å²) in [6.07, 6.45) is -3.65. The van der Waals surface area contributed by atoms with Crippen molar-refractivity contribution in [3.8, 4) is 5.69 Å². The van der Waals surface area contributed by atoms with Crippen molar-refractivity contribution in [1.82, 2.24) is 9.47 Å². The molecule has 3 amide bonds. The fourth-order valence-electron chi connectivity index (χ4n) is 6.90. The molecule has 1 saturated carbocycles. The monoisotopic (exact) mass is 589 g/mol. The molecular weight excluding hydrogens is 555 g/mol. The third kappa shape index (κ3) is 5.20. The van der Waals surface area contributed by atoms with Gasteiger partial charge in [0.2, 0.25) is 0 Å². The van der Waals surface area contributed by atoms with Crippen LogP contribution < -0.4 is 16.8 Å². The summed E-state index contributed by atoms with van der Waals surface area (Å²) in [5.41, 5.74) is 8.44. The van der Waals surface area contributed by atoms with E-state index < -0.39 is 52.1 Å². The minimum Gasteiger partial charge on any atom is -0.461 e. The zero-order chi connectivity index (χ0) is 30.7. The van der Waals surface area contributed by atoms with Crippen molar-refractivity contribution in [3.05, 3.63) is 46.3 Å². The predicted octanol–water partition coefficient (Wildman–Crippen LogP) is 4.13. The Morgan fingerprint density at radius 1 is 1.10 bits per heavy atom. The molecule has 1 aromatic heterocycles. The van der Waals surface area contributed by atoms with Gasteiger partial charge in [-0.15, -0.1) is 0 Å². The van der Waals surface area contributed by atoms with Gasteiger partial charge in [-0.3, -0.25) is 9.59 Å². The van der Waals surface area contributed by atoms with E-state index in [1.807, 2.05) is 0 Å². The normalized spacial score (nSPS) is 23.0. The number of nitrogens with two attached hydrogens (primary N) is 2. The smallest absolute Gasteiger partial charge is 0.419 e. The Kier molecular flexibility index (Phi) is 7.26. The first-order valence-corrected chi connectivity index (χ1v) is 13.9. The molecule has 2 heterocycles. The van der Waals surface area contributed by atoms with Gasteiger partial charge in [0, 0.05) is 42.6 Å². The number of halogens is 3. The Morgan fingerprint density at radius 2 is 1.74 bits per heavy atom. The Balaban J connectivity index is 1.63. The molecule has 1 aromatic carbocycles. The van der Waals surface area contributed by atoms with E-state index in [4.69, 9.17) is 16.2 Å². The highest BCUT2D eigenvalue weighted by Gasteiger charge is 2.49. The number of esters is 1. The highest BCUT2D eigenvalue weighted by molar-refractivity contribution is 6.05. The molecule has 2 aromatic rings. The van der Waals surface area contributed by atoms with Gasteiger partial charge in [0.05, 0.1) is 23.3 Å². The van der Waals surface area contributed by atoms with E-state index in [1.54, 1.807) is 18.7 Å². The fourth-order valence-corrected chi connectivity index (χ4v) is 6.90. The Hall–Kier alpha value is -4.03. The number of rotatable bonds is 6. The number of nitrogens with zero attached hydrogens (tertiary/aromatic N) is 2. The average molecular weight is 590 g/mol. The largest absolute Gasteiger partial charge is 0.461 e. The summed E-state index contributed by atoms with van der Waals surface area (Å²) < 4.78 is 49.9. The Morgan fingerprint density at radius 3 is 2.29 bits per heavy atom. The van der Waals surface area contributed by atoms with Gasteiger partial charge in [-0.25, -0.2) is 9.59 Å². The zero-order valence-corrected chi connectivity index (χ0v) is 23.6. The van der Waals surface area contributed by atoms with Crippen LogP contribution >= 0.6 is 0 Å². The molecule has 1 aliphatic heterocycles. The maximum Gasteiger partial charge on any atom is 0.419 e. The predicted molar refractivity (Wildman–Crippen MR) is 146 cm³/mol. The molecule has 0 bridgehead atoms. The SMILES string of the molecule is CCOC(=O)c1c(C(F)(F)F)c2c(n1-c1ccc(C(N)=O)c(NC3C[C@@H]4CN(C(N)=O)C[C@@H]4C3)c1)CC(C)(C)CC2=O. The number of hydrogen-bond acceptors (Lipinski definition) is 6. The lowest BCUT2D eigenvalue weighted by atomic mass is 9.75. The minimum atomic E-state index is -5.01. The highest BCUT2D eigenvalue weighted by Crippen LogP contribution is 2.46. The zero-order valence-electron chi connectivity index (χ0n) is 23.6. The summed E-state index contributed by atoms with van der Waals surface area (Å²) in [5, 5.41) is 3.34. The van der Waals surface area contributed by atoms with Crippen molar-refractivity contribution in [2.45, 2.75) is 58.7 Å². The lowest BCUT2D eigenvalue weighted by molar-refractivity contribution is -0.138. The van der Waals surface area contributed by atoms with Crippen molar-refractivity contribution >= 4 is 29.4 Å². The van der Waals surface area contributed by atoms with E-state index in [-0.39, 0.29) is 54.3 Å². The maximum atomic E-state index is 14.6. The number of aromatic nitrogens is 1. The molecule has 2 fully saturated rings. The van der Waals surface area contributed by atoms with E-state index in [2.05, 4.69) is 5.32 Å². The second-order valence-corrected chi connectivity index (χ2v) is 12.2. The fraction of sp³-hybridized carbons (Fsp3) is 0.517. The average Bonchev–Trinajstić information content (AvgIpc) is 3.53. The number of anilines is 1. The molecule has 0 spiro atoms. The number of ketones is 1. The van der Waals surface area contributed by atoms with Crippen LogP contribution in [0.15, 0.2) is 18.2 Å². The van der Waals surface area contributed by atoms with Crippen LogP contribution in [-0.2, 0) is 17.3 Å². The summed E-state index contributed by atoms with van der Waals surface area (Å²) in [6.45, 7) is 5.93. The number of primary amides is 2. The van der Waals surface area contributed by atoms with Crippen LogP contribution in [-0.4, -0.2) is 58.9 Å². The summed E-state index contributed by atoms with van der Waals surface area (Å²) in [6, 6.07) is 3.73. The first-order chi connectivity index (χ1) is 19.6. The van der Waals surface area contributed by atoms with E-state index in [1.165, 1.54) is 25.1 Å². The van der Waals surface area contributed by atoms with Gasteiger partial charge in [-0.2, -0.15) is 13.2 Å². The molecular formula is C29H34F3N5O5. The van der Waals surface area contributed by atoms with Crippen molar-refractivity contribution < 1.29 is 37.1 Å². The molecule has 1 unspecified atom stereocenters. The summed E-state index contributed by atoms with van der Waals surface area (Å²) in [7, 11) is 0. The van der Waals surface area contributed by atoms with Crippen LogP contribution in [0.5, 0.6) is 0 Å².